The third-order valence-electron chi connectivity index (χ3n) is 4.29. The highest BCUT2D eigenvalue weighted by molar-refractivity contribution is 14.0. The summed E-state index contributed by atoms with van der Waals surface area (Å²) >= 11 is 0. The molecule has 7 heteroatoms. The second-order valence-electron chi connectivity index (χ2n) is 6.90. The molecule has 0 aliphatic heterocycles. The molecule has 0 amide bonds. The Balaban J connectivity index is 0.00000364. The van der Waals surface area contributed by atoms with Gasteiger partial charge < -0.3 is 10.6 Å². The van der Waals surface area contributed by atoms with Gasteiger partial charge in [0.15, 0.2) is 11.8 Å². The van der Waals surface area contributed by atoms with Gasteiger partial charge in [-0.15, -0.1) is 34.2 Å². The quantitative estimate of drug-likeness (QED) is 0.230. The smallest absolute Gasteiger partial charge is 0.191 e. The molecule has 0 saturated heterocycles. The van der Waals surface area contributed by atoms with Crippen molar-refractivity contribution >= 4 is 29.9 Å². The van der Waals surface area contributed by atoms with Gasteiger partial charge in [-0.1, -0.05) is 57.7 Å². The molecule has 6 nitrogen and oxygen atoms in total. The first-order chi connectivity index (χ1) is 12.7. The van der Waals surface area contributed by atoms with E-state index in [4.69, 9.17) is 0 Å². The van der Waals surface area contributed by atoms with Crippen molar-refractivity contribution in [2.45, 2.75) is 52.5 Å². The number of unbranched alkanes of at least 4 members (excludes halogenated alkanes) is 3. The highest BCUT2D eigenvalue weighted by Crippen LogP contribution is 2.09. The SMILES string of the molecule is CN=C(NCCCCCCC(C)C)NCc1nncn1-c1ccccc1.I. The normalized spacial score (nSPS) is 11.3. The summed E-state index contributed by atoms with van der Waals surface area (Å²) in [5, 5.41) is 14.9. The Morgan fingerprint density at radius 2 is 1.81 bits per heavy atom. The van der Waals surface area contributed by atoms with Gasteiger partial charge in [0.25, 0.3) is 0 Å². The average molecular weight is 484 g/mol. The lowest BCUT2D eigenvalue weighted by molar-refractivity contribution is 0.518. The fraction of sp³-hybridized carbons (Fsp3) is 0.550. The standard InChI is InChI=1S/C20H32N6.HI/c1-17(2)11-7-4-5-10-14-22-20(21-3)23-15-19-25-24-16-26(19)18-12-8-6-9-13-18;/h6,8-9,12-13,16-17H,4-5,7,10-11,14-15H2,1-3H3,(H2,21,22,23);1H. The largest absolute Gasteiger partial charge is 0.356 e. The van der Waals surface area contributed by atoms with E-state index < -0.39 is 0 Å². The lowest BCUT2D eigenvalue weighted by Crippen LogP contribution is -2.37. The fourth-order valence-corrected chi connectivity index (χ4v) is 2.81. The van der Waals surface area contributed by atoms with Crippen LogP contribution < -0.4 is 10.6 Å². The van der Waals surface area contributed by atoms with E-state index in [0.29, 0.717) is 6.54 Å². The van der Waals surface area contributed by atoms with Gasteiger partial charge in [0.1, 0.15) is 6.33 Å². The molecular weight excluding hydrogens is 451 g/mol. The van der Waals surface area contributed by atoms with Crippen LogP contribution in [0, 0.1) is 5.92 Å². The van der Waals surface area contributed by atoms with Crippen molar-refractivity contribution in [3.05, 3.63) is 42.5 Å². The van der Waals surface area contributed by atoms with E-state index in [-0.39, 0.29) is 24.0 Å². The molecule has 0 fully saturated rings. The number of aromatic nitrogens is 3. The molecule has 2 rings (SSSR count). The summed E-state index contributed by atoms with van der Waals surface area (Å²) in [5.41, 5.74) is 1.05. The van der Waals surface area contributed by atoms with Crippen molar-refractivity contribution in [1.29, 1.82) is 0 Å². The summed E-state index contributed by atoms with van der Waals surface area (Å²) in [4.78, 5) is 4.28. The van der Waals surface area contributed by atoms with Crippen LogP contribution in [-0.4, -0.2) is 34.3 Å². The summed E-state index contributed by atoms with van der Waals surface area (Å²) in [6.07, 6.45) is 8.14. The topological polar surface area (TPSA) is 67.1 Å². The third kappa shape index (κ3) is 8.73. The van der Waals surface area contributed by atoms with E-state index in [1.54, 1.807) is 13.4 Å². The zero-order valence-electron chi connectivity index (χ0n) is 16.7. The van der Waals surface area contributed by atoms with E-state index in [0.717, 1.165) is 29.9 Å². The highest BCUT2D eigenvalue weighted by Gasteiger charge is 2.07. The van der Waals surface area contributed by atoms with Crippen LogP contribution in [0.3, 0.4) is 0 Å². The van der Waals surface area contributed by atoms with Gasteiger partial charge in [-0.25, -0.2) is 0 Å². The monoisotopic (exact) mass is 484 g/mol. The third-order valence-corrected chi connectivity index (χ3v) is 4.29. The molecule has 2 aromatic rings. The van der Waals surface area contributed by atoms with E-state index in [1.807, 2.05) is 34.9 Å². The molecule has 0 aliphatic rings. The second-order valence-corrected chi connectivity index (χ2v) is 6.90. The number of nitrogens with zero attached hydrogens (tertiary/aromatic N) is 4. The Morgan fingerprint density at radius 3 is 2.52 bits per heavy atom. The van der Waals surface area contributed by atoms with Gasteiger partial charge >= 0.3 is 0 Å². The van der Waals surface area contributed by atoms with Crippen molar-refractivity contribution in [2.75, 3.05) is 13.6 Å². The van der Waals surface area contributed by atoms with Crippen LogP contribution in [0.15, 0.2) is 41.7 Å². The first-order valence-corrected chi connectivity index (χ1v) is 9.59. The van der Waals surface area contributed by atoms with Crippen molar-refractivity contribution in [1.82, 2.24) is 25.4 Å². The number of para-hydroxylation sites is 1. The lowest BCUT2D eigenvalue weighted by Gasteiger charge is -2.12. The van der Waals surface area contributed by atoms with Crippen LogP contribution in [0.2, 0.25) is 0 Å². The molecule has 0 saturated carbocycles. The summed E-state index contributed by atoms with van der Waals surface area (Å²) < 4.78 is 1.98. The number of guanidine groups is 1. The zero-order valence-corrected chi connectivity index (χ0v) is 19.0. The summed E-state index contributed by atoms with van der Waals surface area (Å²) in [7, 11) is 1.79. The Kier molecular flexibility index (Phi) is 11.7. The molecule has 0 spiro atoms. The Labute approximate surface area is 180 Å². The van der Waals surface area contributed by atoms with Crippen molar-refractivity contribution in [2.24, 2.45) is 10.9 Å². The molecule has 0 atom stereocenters. The molecule has 1 heterocycles. The predicted molar refractivity (Wildman–Crippen MR) is 123 cm³/mol. The van der Waals surface area contributed by atoms with Gasteiger partial charge in [-0.05, 0) is 24.5 Å². The molecule has 0 aliphatic carbocycles. The molecular formula is C20H33IN6. The predicted octanol–water partition coefficient (Wildman–Crippen LogP) is 4.16. The number of hydrogen-bond acceptors (Lipinski definition) is 3. The summed E-state index contributed by atoms with van der Waals surface area (Å²) in [6, 6.07) is 10.1. The molecule has 27 heavy (non-hydrogen) atoms. The number of hydrogen-bond donors (Lipinski definition) is 2. The molecule has 150 valence electrons. The highest BCUT2D eigenvalue weighted by atomic mass is 127. The molecule has 1 aromatic carbocycles. The van der Waals surface area contributed by atoms with E-state index in [2.05, 4.69) is 39.7 Å². The first kappa shape index (κ1) is 23.4. The fourth-order valence-electron chi connectivity index (χ4n) is 2.81. The molecule has 0 unspecified atom stereocenters. The number of rotatable bonds is 10. The van der Waals surface area contributed by atoms with Crippen LogP contribution in [-0.2, 0) is 6.54 Å². The maximum absolute atomic E-state index is 4.28. The summed E-state index contributed by atoms with van der Waals surface area (Å²) in [6.45, 7) is 6.08. The number of aliphatic imine (C=N–C) groups is 1. The van der Waals surface area contributed by atoms with Crippen LogP contribution in [0.1, 0.15) is 51.8 Å². The zero-order chi connectivity index (χ0) is 18.6. The molecule has 0 radical (unpaired) electrons. The van der Waals surface area contributed by atoms with E-state index >= 15 is 0 Å². The molecule has 0 bridgehead atoms. The van der Waals surface area contributed by atoms with Crippen molar-refractivity contribution < 1.29 is 0 Å². The minimum atomic E-state index is 0. The van der Waals surface area contributed by atoms with Gasteiger partial charge in [-0.3, -0.25) is 9.56 Å². The van der Waals surface area contributed by atoms with Gasteiger partial charge in [0.05, 0.1) is 6.54 Å². The molecule has 2 N–H and O–H groups in total. The van der Waals surface area contributed by atoms with Crippen LogP contribution in [0.4, 0.5) is 0 Å². The van der Waals surface area contributed by atoms with Gasteiger partial charge in [-0.2, -0.15) is 0 Å². The number of nitrogens with one attached hydrogen (secondary N) is 2. The maximum atomic E-state index is 4.28. The molecule has 1 aromatic heterocycles. The minimum absolute atomic E-state index is 0. The van der Waals surface area contributed by atoms with Crippen LogP contribution in [0.5, 0.6) is 0 Å². The second kappa shape index (κ2) is 13.5. The van der Waals surface area contributed by atoms with E-state index in [9.17, 15) is 0 Å². The first-order valence-electron chi connectivity index (χ1n) is 9.59. The van der Waals surface area contributed by atoms with Gasteiger partial charge in [0.2, 0.25) is 0 Å². The van der Waals surface area contributed by atoms with Crippen LogP contribution in [0.25, 0.3) is 5.69 Å². The Morgan fingerprint density at radius 1 is 1.07 bits per heavy atom. The number of benzene rings is 1. The maximum Gasteiger partial charge on any atom is 0.191 e. The Bertz CT molecular complexity index is 654. The Hall–Kier alpha value is -1.64. The van der Waals surface area contributed by atoms with Crippen molar-refractivity contribution in [3.63, 3.8) is 0 Å². The number of halogens is 1. The van der Waals surface area contributed by atoms with Crippen LogP contribution >= 0.6 is 24.0 Å². The van der Waals surface area contributed by atoms with Gasteiger partial charge in [0, 0.05) is 19.3 Å². The van der Waals surface area contributed by atoms with Crippen molar-refractivity contribution in [3.8, 4) is 5.69 Å². The minimum Gasteiger partial charge on any atom is -0.356 e. The van der Waals surface area contributed by atoms with E-state index in [1.165, 1.54) is 32.1 Å². The lowest BCUT2D eigenvalue weighted by atomic mass is 10.0. The average Bonchev–Trinajstić information content (AvgIpc) is 3.12. The summed E-state index contributed by atoms with van der Waals surface area (Å²) in [5.74, 6) is 2.47.